The monoisotopic (exact) mass is 530 g/mol. The van der Waals surface area contributed by atoms with E-state index in [1.807, 2.05) is 66.7 Å². The van der Waals surface area contributed by atoms with Gasteiger partial charge in [0.1, 0.15) is 12.4 Å². The number of carboxylic acid groups (broad SMARTS) is 1. The Bertz CT molecular complexity index is 1550. The van der Waals surface area contributed by atoms with E-state index in [1.165, 1.54) is 11.8 Å². The van der Waals surface area contributed by atoms with Gasteiger partial charge >= 0.3 is 29.6 Å². The molecule has 4 aromatic rings. The first-order valence-electron chi connectivity index (χ1n) is 11.7. The number of amidine groups is 1. The molecule has 1 fully saturated rings. The summed E-state index contributed by atoms with van der Waals surface area (Å²) in [5.74, 6) is -1.31. The normalized spacial score (nSPS) is 15.8. The topological polar surface area (TPSA) is 88.0 Å². The first kappa shape index (κ1) is 27.7. The van der Waals surface area contributed by atoms with Crippen LogP contribution < -0.4 is 39.6 Å². The van der Waals surface area contributed by atoms with Crippen LogP contribution in [0.25, 0.3) is 16.8 Å². The maximum absolute atomic E-state index is 12.8. The Kier molecular flexibility index (Phi) is 9.07. The van der Waals surface area contributed by atoms with Gasteiger partial charge in [-0.05, 0) is 52.0 Å². The molecule has 0 radical (unpaired) electrons. The summed E-state index contributed by atoms with van der Waals surface area (Å²) in [5.41, 5.74) is 2.84. The number of hydrogen-bond acceptors (Lipinski definition) is 5. The molecule has 8 heteroatoms. The molecule has 1 unspecified atom stereocenters. The quantitative estimate of drug-likeness (QED) is 0.218. The average Bonchev–Trinajstić information content (AvgIpc) is 3.26. The number of carboxylic acids is 1. The number of ether oxygens (including phenoxy) is 1. The van der Waals surface area contributed by atoms with Crippen molar-refractivity contribution < 1.29 is 49.0 Å². The maximum Gasteiger partial charge on any atom is 1.00 e. The number of rotatable bonds is 7. The van der Waals surface area contributed by atoms with E-state index in [2.05, 4.69) is 16.4 Å². The van der Waals surface area contributed by atoms with Gasteiger partial charge in [-0.3, -0.25) is 14.6 Å². The molecule has 1 atom stereocenters. The van der Waals surface area contributed by atoms with Gasteiger partial charge in [0.2, 0.25) is 0 Å². The van der Waals surface area contributed by atoms with Crippen molar-refractivity contribution in [1.29, 1.82) is 0 Å². The van der Waals surface area contributed by atoms with Gasteiger partial charge in [0, 0.05) is 11.5 Å². The molecule has 0 saturated carbocycles. The summed E-state index contributed by atoms with van der Waals surface area (Å²) in [4.78, 5) is 29.4. The van der Waals surface area contributed by atoms with Crippen LogP contribution in [-0.2, 0) is 16.2 Å². The van der Waals surface area contributed by atoms with Gasteiger partial charge in [-0.1, -0.05) is 61.5 Å². The Hall–Kier alpha value is -3.36. The third kappa shape index (κ3) is 6.37. The fourth-order valence-corrected chi connectivity index (χ4v) is 4.78. The van der Waals surface area contributed by atoms with Gasteiger partial charge < -0.3 is 15.2 Å². The van der Waals surface area contributed by atoms with E-state index in [4.69, 9.17) is 4.74 Å². The number of aliphatic imine (C=N–C) groups is 1. The molecule has 5 rings (SSSR count). The van der Waals surface area contributed by atoms with E-state index >= 15 is 0 Å². The number of nitrogens with one attached hydrogen (secondary N) is 1. The number of thioether (sulfide) groups is 1. The van der Waals surface area contributed by atoms with Crippen LogP contribution in [0.5, 0.6) is 5.75 Å². The number of carbonyl (C=O) groups excluding carboxylic acids is 1. The van der Waals surface area contributed by atoms with Gasteiger partial charge in [0.25, 0.3) is 11.9 Å². The van der Waals surface area contributed by atoms with E-state index in [1.54, 1.807) is 31.2 Å². The zero-order valence-electron chi connectivity index (χ0n) is 21.0. The van der Waals surface area contributed by atoms with Crippen LogP contribution in [0, 0.1) is 6.07 Å². The SMILES string of the molecule is CC(C(=O)O)c1c[c-]ccc1N=C1NC(=O)C(=Cc2cc3ccccc3cc2OCc2ccccc2)S1.[Na+]. The third-order valence-corrected chi connectivity index (χ3v) is 6.89. The van der Waals surface area contributed by atoms with Crippen LogP contribution in [0.4, 0.5) is 5.69 Å². The van der Waals surface area contributed by atoms with Crippen molar-refractivity contribution in [1.82, 2.24) is 5.32 Å². The predicted octanol–water partition coefficient (Wildman–Crippen LogP) is 3.30. The number of hydrogen-bond donors (Lipinski definition) is 2. The zero-order valence-corrected chi connectivity index (χ0v) is 23.8. The predicted molar refractivity (Wildman–Crippen MR) is 147 cm³/mol. The van der Waals surface area contributed by atoms with Crippen molar-refractivity contribution in [3.8, 4) is 5.75 Å². The van der Waals surface area contributed by atoms with E-state index in [0.717, 1.165) is 21.9 Å². The van der Waals surface area contributed by atoms with Gasteiger partial charge in [0.15, 0.2) is 5.17 Å². The van der Waals surface area contributed by atoms with Gasteiger partial charge in [0.05, 0.1) is 4.91 Å². The Labute approximate surface area is 247 Å². The average molecular weight is 531 g/mol. The molecule has 184 valence electrons. The van der Waals surface area contributed by atoms with Crippen molar-refractivity contribution in [2.45, 2.75) is 19.4 Å². The second kappa shape index (κ2) is 12.5. The summed E-state index contributed by atoms with van der Waals surface area (Å²) >= 11 is 1.20. The minimum atomic E-state index is -0.955. The molecule has 0 spiro atoms. The van der Waals surface area contributed by atoms with Crippen molar-refractivity contribution in [3.05, 3.63) is 113 Å². The fourth-order valence-electron chi connectivity index (χ4n) is 3.96. The summed E-state index contributed by atoms with van der Waals surface area (Å²) in [6, 6.07) is 29.8. The largest absolute Gasteiger partial charge is 1.00 e. The fraction of sp³-hybridized carbons (Fsp3) is 0.100. The zero-order chi connectivity index (χ0) is 25.8. The van der Waals surface area contributed by atoms with Crippen LogP contribution >= 0.6 is 11.8 Å². The van der Waals surface area contributed by atoms with E-state index < -0.39 is 11.9 Å². The van der Waals surface area contributed by atoms with Crippen molar-refractivity contribution in [2.75, 3.05) is 0 Å². The Balaban J connectivity index is 0.00000336. The second-order valence-electron chi connectivity index (χ2n) is 8.54. The molecule has 1 heterocycles. The Morgan fingerprint density at radius 3 is 2.55 bits per heavy atom. The molecule has 0 aliphatic carbocycles. The Morgan fingerprint density at radius 1 is 1.11 bits per heavy atom. The molecule has 1 amide bonds. The molecule has 1 saturated heterocycles. The van der Waals surface area contributed by atoms with Gasteiger partial charge in [-0.2, -0.15) is 18.2 Å². The second-order valence-corrected chi connectivity index (χ2v) is 9.57. The summed E-state index contributed by atoms with van der Waals surface area (Å²) in [6.45, 7) is 1.99. The van der Waals surface area contributed by atoms with Crippen molar-refractivity contribution >= 4 is 51.3 Å². The summed E-state index contributed by atoms with van der Waals surface area (Å²) < 4.78 is 6.19. The van der Waals surface area contributed by atoms with Gasteiger partial charge in [-0.25, -0.2) is 0 Å². The molecular formula is C30H23N2NaO4S. The van der Waals surface area contributed by atoms with E-state index in [-0.39, 0.29) is 35.5 Å². The van der Waals surface area contributed by atoms with Crippen LogP contribution in [-0.4, -0.2) is 22.2 Å². The van der Waals surface area contributed by atoms with Crippen LogP contribution in [0.2, 0.25) is 0 Å². The molecule has 38 heavy (non-hydrogen) atoms. The first-order valence-corrected chi connectivity index (χ1v) is 12.5. The number of aliphatic carboxylic acids is 1. The molecule has 1 aliphatic rings. The van der Waals surface area contributed by atoms with Crippen molar-refractivity contribution in [3.63, 3.8) is 0 Å². The van der Waals surface area contributed by atoms with Gasteiger partial charge in [-0.15, -0.1) is 11.6 Å². The maximum atomic E-state index is 12.8. The minimum absolute atomic E-state index is 0. The molecule has 0 aromatic heterocycles. The number of fused-ring (bicyclic) bond motifs is 1. The summed E-state index contributed by atoms with van der Waals surface area (Å²) in [5, 5.41) is 14.7. The Morgan fingerprint density at radius 2 is 1.82 bits per heavy atom. The molecule has 0 bridgehead atoms. The number of amides is 1. The van der Waals surface area contributed by atoms with Crippen LogP contribution in [0.1, 0.15) is 29.5 Å². The minimum Gasteiger partial charge on any atom is -0.488 e. The van der Waals surface area contributed by atoms with E-state index in [9.17, 15) is 14.7 Å². The third-order valence-electron chi connectivity index (χ3n) is 5.98. The number of carbonyl (C=O) groups is 2. The molecule has 2 N–H and O–H groups in total. The smallest absolute Gasteiger partial charge is 0.488 e. The molecule has 4 aromatic carbocycles. The van der Waals surface area contributed by atoms with E-state index in [0.29, 0.717) is 33.7 Å². The summed E-state index contributed by atoms with van der Waals surface area (Å²) in [7, 11) is 0. The van der Waals surface area contributed by atoms with Crippen molar-refractivity contribution in [2.24, 2.45) is 4.99 Å². The number of benzene rings is 4. The first-order chi connectivity index (χ1) is 18.0. The number of nitrogens with zero attached hydrogens (tertiary/aromatic N) is 1. The summed E-state index contributed by atoms with van der Waals surface area (Å²) in [6.07, 6.45) is 1.80. The molecular weight excluding hydrogens is 507 g/mol. The van der Waals surface area contributed by atoms with Crippen LogP contribution in [0.3, 0.4) is 0 Å². The molecule has 1 aliphatic heterocycles. The standard InChI is InChI=1S/C30H23N2O4S.Na/c1-19(29(34)35)24-13-7-8-14-25(24)31-30-32-28(33)27(37-30)17-23-15-21-11-5-6-12-22(21)16-26(23)36-18-20-9-3-2-4-10-20;/h2-6,8-17,19H,18H2,1H3,(H,34,35)(H,31,32,33);/q-1;+1. The molecule has 6 nitrogen and oxygen atoms in total. The van der Waals surface area contributed by atoms with Crippen LogP contribution in [0.15, 0.2) is 94.8 Å².